The van der Waals surface area contributed by atoms with Crippen molar-refractivity contribution in [2.75, 3.05) is 17.6 Å². The molecule has 1 aromatic rings. The number of thioether (sulfide) groups is 1. The Labute approximate surface area is 245 Å². The van der Waals surface area contributed by atoms with Crippen LogP contribution in [-0.4, -0.2) is 64.8 Å². The molecule has 0 radical (unpaired) electrons. The number of carboxylic acid groups (broad SMARTS) is 1. The van der Waals surface area contributed by atoms with Gasteiger partial charge in [-0.25, -0.2) is 4.79 Å². The average molecular weight is 595 g/mol. The van der Waals surface area contributed by atoms with E-state index in [9.17, 15) is 29.4 Å². The number of carbonyl (C=O) groups is 4. The van der Waals surface area contributed by atoms with Crippen LogP contribution in [0.15, 0.2) is 30.2 Å². The van der Waals surface area contributed by atoms with Crippen LogP contribution in [-0.2, 0) is 35.3 Å². The van der Waals surface area contributed by atoms with Crippen LogP contribution < -0.4 is 15.4 Å². The van der Waals surface area contributed by atoms with Gasteiger partial charge in [0.05, 0.1) is 17.2 Å². The minimum atomic E-state index is -1.23. The Morgan fingerprint density at radius 1 is 1.12 bits per heavy atom. The van der Waals surface area contributed by atoms with Crippen molar-refractivity contribution in [3.63, 3.8) is 0 Å². The summed E-state index contributed by atoms with van der Waals surface area (Å²) in [5, 5.41) is 26.7. The third-order valence-corrected chi connectivity index (χ3v) is 6.82. The standard InChI is InChI=1S/C29H42N2O9S/c1-5-41-14-8-6-7-9-24(33)30-13-12-25(34)31-21-15-19(18-38-28(37)29(2,3)4)10-11-22(21)39-26-17-20(32)16-23(40-26)27(35)36/h5,10-11,15,20,23,26,32H,1,6-9,12-14,16-18H2,2-4H3,(H,30,33)(H,31,34)(H,35,36). The van der Waals surface area contributed by atoms with E-state index in [2.05, 4.69) is 17.2 Å². The van der Waals surface area contributed by atoms with E-state index in [0.717, 1.165) is 25.0 Å². The molecular formula is C29H42N2O9S. The molecule has 3 unspecified atom stereocenters. The number of amides is 2. The number of unbranched alkanes of at least 4 members (excludes halogenated alkanes) is 2. The summed E-state index contributed by atoms with van der Waals surface area (Å²) in [6.07, 6.45) is -0.133. The van der Waals surface area contributed by atoms with Crippen LogP contribution in [0.25, 0.3) is 0 Å². The van der Waals surface area contributed by atoms with Crippen molar-refractivity contribution in [2.45, 2.75) is 90.8 Å². The highest BCUT2D eigenvalue weighted by atomic mass is 32.2. The zero-order valence-corrected chi connectivity index (χ0v) is 24.8. The van der Waals surface area contributed by atoms with Gasteiger partial charge in [0.25, 0.3) is 0 Å². The molecule has 0 aliphatic carbocycles. The molecular weight excluding hydrogens is 552 g/mol. The zero-order valence-electron chi connectivity index (χ0n) is 24.0. The fourth-order valence-corrected chi connectivity index (χ4v) is 4.35. The minimum absolute atomic E-state index is 0.00409. The molecule has 1 aromatic carbocycles. The van der Waals surface area contributed by atoms with Gasteiger partial charge in [0.1, 0.15) is 12.4 Å². The van der Waals surface area contributed by atoms with Crippen LogP contribution in [0.1, 0.15) is 71.3 Å². The van der Waals surface area contributed by atoms with Gasteiger partial charge in [0.15, 0.2) is 6.10 Å². The second-order valence-electron chi connectivity index (χ2n) is 10.8. The van der Waals surface area contributed by atoms with Crippen LogP contribution in [0, 0.1) is 5.41 Å². The molecule has 0 spiro atoms. The maximum absolute atomic E-state index is 12.7. The van der Waals surface area contributed by atoms with E-state index in [-0.39, 0.29) is 55.7 Å². The molecule has 11 nitrogen and oxygen atoms in total. The van der Waals surface area contributed by atoms with Gasteiger partial charge in [-0.3, -0.25) is 14.4 Å². The summed E-state index contributed by atoms with van der Waals surface area (Å²) in [4.78, 5) is 48.4. The van der Waals surface area contributed by atoms with Crippen molar-refractivity contribution in [1.82, 2.24) is 5.32 Å². The van der Waals surface area contributed by atoms with E-state index in [1.54, 1.807) is 56.1 Å². The number of esters is 1. The Balaban J connectivity index is 2.01. The molecule has 0 bridgehead atoms. The number of carbonyl (C=O) groups excluding carboxylic acids is 3. The van der Waals surface area contributed by atoms with Crippen LogP contribution in [0.5, 0.6) is 5.75 Å². The molecule has 1 aliphatic rings. The number of anilines is 1. The van der Waals surface area contributed by atoms with Gasteiger partial charge in [0, 0.05) is 32.2 Å². The second-order valence-corrected chi connectivity index (χ2v) is 11.9. The fraction of sp³-hybridized carbons (Fsp3) is 0.586. The van der Waals surface area contributed by atoms with Crippen LogP contribution >= 0.6 is 11.8 Å². The quantitative estimate of drug-likeness (QED) is 0.163. The zero-order chi connectivity index (χ0) is 30.4. The number of hydrogen-bond acceptors (Lipinski definition) is 9. The van der Waals surface area contributed by atoms with Crippen molar-refractivity contribution in [1.29, 1.82) is 0 Å². The number of hydrogen-bond donors (Lipinski definition) is 4. The summed E-state index contributed by atoms with van der Waals surface area (Å²) < 4.78 is 16.7. The molecule has 1 fully saturated rings. The van der Waals surface area contributed by atoms with E-state index in [1.165, 1.54) is 0 Å². The number of aliphatic hydroxyl groups is 1. The third-order valence-electron chi connectivity index (χ3n) is 6.06. The third kappa shape index (κ3) is 13.0. The molecule has 41 heavy (non-hydrogen) atoms. The highest BCUT2D eigenvalue weighted by molar-refractivity contribution is 8.02. The molecule has 4 N–H and O–H groups in total. The maximum atomic E-state index is 12.7. The van der Waals surface area contributed by atoms with E-state index in [4.69, 9.17) is 14.2 Å². The number of nitrogens with one attached hydrogen (secondary N) is 2. The van der Waals surface area contributed by atoms with E-state index >= 15 is 0 Å². The topological polar surface area (TPSA) is 160 Å². The first kappa shape index (κ1) is 34.1. The number of benzene rings is 1. The summed E-state index contributed by atoms with van der Waals surface area (Å²) in [6, 6.07) is 4.77. The molecule has 2 rings (SSSR count). The predicted molar refractivity (Wildman–Crippen MR) is 155 cm³/mol. The van der Waals surface area contributed by atoms with Gasteiger partial charge >= 0.3 is 11.9 Å². The first-order valence-corrected chi connectivity index (χ1v) is 14.8. The molecule has 1 saturated heterocycles. The Morgan fingerprint density at radius 3 is 2.56 bits per heavy atom. The normalized spacial score (nSPS) is 18.7. The number of aliphatic carboxylic acids is 1. The minimum Gasteiger partial charge on any atom is -0.479 e. The molecule has 3 atom stereocenters. The van der Waals surface area contributed by atoms with Crippen molar-refractivity contribution >= 4 is 41.2 Å². The lowest BCUT2D eigenvalue weighted by Crippen LogP contribution is -2.42. The first-order chi connectivity index (χ1) is 19.4. The number of rotatable bonds is 16. The van der Waals surface area contributed by atoms with Crippen molar-refractivity contribution in [2.24, 2.45) is 5.41 Å². The maximum Gasteiger partial charge on any atom is 0.333 e. The number of ether oxygens (including phenoxy) is 3. The Kier molecular flexibility index (Phi) is 14.1. The molecule has 2 amide bonds. The lowest BCUT2D eigenvalue weighted by atomic mass is 9.97. The summed E-state index contributed by atoms with van der Waals surface area (Å²) in [5.74, 6) is -0.957. The van der Waals surface area contributed by atoms with Gasteiger partial charge in [-0.2, -0.15) is 0 Å². The lowest BCUT2D eigenvalue weighted by Gasteiger charge is -2.31. The summed E-state index contributed by atoms with van der Waals surface area (Å²) in [7, 11) is 0. The van der Waals surface area contributed by atoms with E-state index in [1.807, 2.05) is 0 Å². The highest BCUT2D eigenvalue weighted by Gasteiger charge is 2.34. The average Bonchev–Trinajstić information content (AvgIpc) is 2.89. The van der Waals surface area contributed by atoms with Gasteiger partial charge in [-0.15, -0.1) is 11.8 Å². The first-order valence-electron chi connectivity index (χ1n) is 13.7. The van der Waals surface area contributed by atoms with E-state index < -0.39 is 35.8 Å². The lowest BCUT2D eigenvalue weighted by molar-refractivity contribution is -0.195. The highest BCUT2D eigenvalue weighted by Crippen LogP contribution is 2.31. The molecule has 0 saturated carbocycles. The smallest absolute Gasteiger partial charge is 0.333 e. The molecule has 1 aliphatic heterocycles. The van der Waals surface area contributed by atoms with Crippen molar-refractivity contribution < 1.29 is 43.6 Å². The van der Waals surface area contributed by atoms with Crippen molar-refractivity contribution in [3.05, 3.63) is 35.7 Å². The van der Waals surface area contributed by atoms with Crippen molar-refractivity contribution in [3.8, 4) is 5.75 Å². The Bertz CT molecular complexity index is 1060. The predicted octanol–water partition coefficient (Wildman–Crippen LogP) is 3.99. The summed E-state index contributed by atoms with van der Waals surface area (Å²) >= 11 is 1.65. The summed E-state index contributed by atoms with van der Waals surface area (Å²) in [5.41, 5.74) is 0.145. The molecule has 228 valence electrons. The van der Waals surface area contributed by atoms with Crippen LogP contribution in [0.4, 0.5) is 5.69 Å². The fourth-order valence-electron chi connectivity index (χ4n) is 3.82. The van der Waals surface area contributed by atoms with Gasteiger partial charge in [0.2, 0.25) is 18.1 Å². The van der Waals surface area contributed by atoms with Gasteiger partial charge in [-0.1, -0.05) is 19.1 Å². The van der Waals surface area contributed by atoms with Gasteiger partial charge in [-0.05, 0) is 62.5 Å². The molecule has 12 heteroatoms. The SMILES string of the molecule is C=CSCCCCCC(=O)NCCC(=O)Nc1cc(COC(=O)C(C)(C)C)ccc1OC1CC(O)CC(C(=O)O)O1. The Hall–Kier alpha value is -3.09. The van der Waals surface area contributed by atoms with Gasteiger partial charge < -0.3 is 35.1 Å². The number of carboxylic acids is 1. The number of aliphatic hydroxyl groups excluding tert-OH is 1. The monoisotopic (exact) mass is 594 g/mol. The summed E-state index contributed by atoms with van der Waals surface area (Å²) in [6.45, 7) is 8.98. The molecule has 1 heterocycles. The second kappa shape index (κ2) is 17.0. The van der Waals surface area contributed by atoms with E-state index in [0.29, 0.717) is 12.0 Å². The molecule has 0 aromatic heterocycles. The Morgan fingerprint density at radius 2 is 1.88 bits per heavy atom. The van der Waals surface area contributed by atoms with Crippen LogP contribution in [0.2, 0.25) is 0 Å². The largest absolute Gasteiger partial charge is 0.479 e. The van der Waals surface area contributed by atoms with Crippen LogP contribution in [0.3, 0.4) is 0 Å².